The summed E-state index contributed by atoms with van der Waals surface area (Å²) in [5.74, 6) is 0.0962. The van der Waals surface area contributed by atoms with Crippen molar-refractivity contribution in [2.75, 3.05) is 11.4 Å². The highest BCUT2D eigenvalue weighted by atomic mass is 127. The number of hydroxylamine groups is 2. The minimum Gasteiger partial charge on any atom is -0.310 e. The van der Waals surface area contributed by atoms with Crippen molar-refractivity contribution in [2.45, 2.75) is 18.9 Å². The van der Waals surface area contributed by atoms with Gasteiger partial charge < -0.3 is 9.47 Å². The Morgan fingerprint density at radius 3 is 1.96 bits per heavy atom. The smallest absolute Gasteiger partial charge is 0.182 e. The van der Waals surface area contributed by atoms with Gasteiger partial charge in [0.25, 0.3) is 0 Å². The number of aromatic nitrogens is 1. The van der Waals surface area contributed by atoms with Gasteiger partial charge in [-0.05, 0) is 96.8 Å². The van der Waals surface area contributed by atoms with E-state index in [-0.39, 0.29) is 11.8 Å². The van der Waals surface area contributed by atoms with Gasteiger partial charge in [-0.3, -0.25) is 4.79 Å². The van der Waals surface area contributed by atoms with E-state index < -0.39 is 0 Å². The number of nitrogens with zero attached hydrogens (tertiary/aromatic N) is 3. The van der Waals surface area contributed by atoms with Crippen molar-refractivity contribution in [3.63, 3.8) is 0 Å². The monoisotopic (exact) mass is 783 g/mol. The molecule has 7 aromatic rings. The minimum absolute atomic E-state index is 0.0962. The van der Waals surface area contributed by atoms with E-state index in [0.717, 1.165) is 69.5 Å². The maximum Gasteiger partial charge on any atom is 0.182 e. The molecule has 8 rings (SSSR count). The number of ketones is 1. The highest BCUT2D eigenvalue weighted by Gasteiger charge is 2.33. The Hall–Kier alpha value is -4.67. The van der Waals surface area contributed by atoms with Gasteiger partial charge in [-0.1, -0.05) is 91.0 Å². The Kier molecular flexibility index (Phi) is 9.54. The Morgan fingerprint density at radius 2 is 1.26 bits per heavy atom. The Balaban J connectivity index is 1.25. The van der Waals surface area contributed by atoms with Crippen molar-refractivity contribution < 1.29 is 9.08 Å². The van der Waals surface area contributed by atoms with E-state index in [0.29, 0.717) is 5.56 Å². The molecule has 1 aliphatic heterocycles. The Bertz CT molecular complexity index is 2290. The van der Waals surface area contributed by atoms with Crippen LogP contribution in [0.15, 0.2) is 152 Å². The SMILES string of the molecule is O=C(c1ccc2c(c1)c1cc(N(c3ccccc3)c3ccc(/C=C/c4ccccc4)cc3)ccc1n2-c1ccccc1)[C@@H]1CCCN1OSI. The number of halogens is 1. The van der Waals surface area contributed by atoms with Crippen LogP contribution in [0.25, 0.3) is 39.6 Å². The van der Waals surface area contributed by atoms with Crippen LogP contribution < -0.4 is 4.90 Å². The predicted molar refractivity (Wildman–Crippen MR) is 218 cm³/mol. The number of carbonyl (C=O) groups is 1. The van der Waals surface area contributed by atoms with Crippen LogP contribution in [0.2, 0.25) is 0 Å². The van der Waals surface area contributed by atoms with Crippen molar-refractivity contribution in [3.05, 3.63) is 168 Å². The molecule has 7 heteroatoms. The lowest BCUT2D eigenvalue weighted by molar-refractivity contribution is -0.0377. The van der Waals surface area contributed by atoms with Gasteiger partial charge in [0, 0.05) is 66.8 Å². The fourth-order valence-electron chi connectivity index (χ4n) is 6.99. The van der Waals surface area contributed by atoms with Gasteiger partial charge in [0.05, 0.1) is 26.3 Å². The molecule has 0 unspecified atom stereocenters. The normalized spacial score (nSPS) is 14.9. The molecule has 2 heterocycles. The molecule has 6 aromatic carbocycles. The van der Waals surface area contributed by atoms with Crippen molar-refractivity contribution in [1.29, 1.82) is 0 Å². The Morgan fingerprint density at radius 1 is 0.680 bits per heavy atom. The number of fused-ring (bicyclic) bond motifs is 3. The lowest BCUT2D eigenvalue weighted by atomic mass is 10.0. The lowest BCUT2D eigenvalue weighted by Crippen LogP contribution is -2.34. The van der Waals surface area contributed by atoms with Gasteiger partial charge >= 0.3 is 0 Å². The summed E-state index contributed by atoms with van der Waals surface area (Å²) in [5, 5.41) is 3.96. The summed E-state index contributed by atoms with van der Waals surface area (Å²) in [6.07, 6.45) is 6.01. The Labute approximate surface area is 308 Å². The van der Waals surface area contributed by atoms with Crippen LogP contribution in [0.1, 0.15) is 34.3 Å². The molecule has 0 radical (unpaired) electrons. The molecule has 0 spiro atoms. The van der Waals surface area contributed by atoms with Crippen molar-refractivity contribution >= 4 is 87.2 Å². The average Bonchev–Trinajstić information content (AvgIpc) is 3.77. The summed E-state index contributed by atoms with van der Waals surface area (Å²) >= 11 is 2.11. The molecule has 0 amide bonds. The summed E-state index contributed by atoms with van der Waals surface area (Å²) in [5.41, 5.74) is 9.39. The zero-order valence-electron chi connectivity index (χ0n) is 27.2. The average molecular weight is 784 g/mol. The zero-order chi connectivity index (χ0) is 33.9. The van der Waals surface area contributed by atoms with Crippen LogP contribution in [0.3, 0.4) is 0 Å². The molecule has 0 N–H and O–H groups in total. The number of anilines is 3. The van der Waals surface area contributed by atoms with Crippen LogP contribution in [-0.2, 0) is 4.28 Å². The first-order chi connectivity index (χ1) is 24.7. The summed E-state index contributed by atoms with van der Waals surface area (Å²) in [6.45, 7) is 0.755. The zero-order valence-corrected chi connectivity index (χ0v) is 30.2. The van der Waals surface area contributed by atoms with Crippen LogP contribution >= 0.6 is 30.4 Å². The lowest BCUT2D eigenvalue weighted by Gasteiger charge is -2.25. The highest BCUT2D eigenvalue weighted by molar-refractivity contribution is 14.2. The third-order valence-electron chi connectivity index (χ3n) is 9.37. The number of Topliss-reactive ketones (excluding diaryl/α,β-unsaturated/α-hetero) is 1. The summed E-state index contributed by atoms with van der Waals surface area (Å²) in [7, 11) is 1.26. The second-order valence-corrected chi connectivity index (χ2v) is 13.8. The first kappa shape index (κ1) is 32.5. The quantitative estimate of drug-likeness (QED) is 0.0598. The van der Waals surface area contributed by atoms with E-state index in [1.165, 1.54) is 14.8 Å². The third-order valence-corrected chi connectivity index (χ3v) is 10.1. The maximum absolute atomic E-state index is 13.9. The maximum atomic E-state index is 13.9. The van der Waals surface area contributed by atoms with E-state index in [1.54, 1.807) is 0 Å². The third kappa shape index (κ3) is 6.50. The van der Waals surface area contributed by atoms with Crippen molar-refractivity contribution in [2.24, 2.45) is 0 Å². The topological polar surface area (TPSA) is 37.7 Å². The largest absolute Gasteiger partial charge is 0.310 e. The molecule has 0 bridgehead atoms. The van der Waals surface area contributed by atoms with Crippen LogP contribution in [0.4, 0.5) is 17.1 Å². The second kappa shape index (κ2) is 14.7. The fourth-order valence-corrected chi connectivity index (χ4v) is 7.86. The fraction of sp³-hybridized carbons (Fsp3) is 0.0930. The molecule has 1 saturated heterocycles. The van der Waals surface area contributed by atoms with Crippen molar-refractivity contribution in [3.8, 4) is 5.69 Å². The van der Waals surface area contributed by atoms with Gasteiger partial charge in [-0.25, -0.2) is 4.28 Å². The summed E-state index contributed by atoms with van der Waals surface area (Å²) in [4.78, 5) is 16.2. The van der Waals surface area contributed by atoms with E-state index >= 15 is 0 Å². The second-order valence-electron chi connectivity index (χ2n) is 12.4. The van der Waals surface area contributed by atoms with Crippen LogP contribution in [0, 0.1) is 0 Å². The molecule has 1 aliphatic rings. The molecule has 0 saturated carbocycles. The van der Waals surface area contributed by atoms with Gasteiger partial charge in [-0.15, -0.1) is 0 Å². The first-order valence-electron chi connectivity index (χ1n) is 16.8. The van der Waals surface area contributed by atoms with E-state index in [1.807, 2.05) is 29.3 Å². The molecular formula is C43H34IN3O2S. The first-order valence-corrected chi connectivity index (χ1v) is 20.0. The number of rotatable bonds is 10. The highest BCUT2D eigenvalue weighted by Crippen LogP contribution is 2.40. The van der Waals surface area contributed by atoms with E-state index in [4.69, 9.17) is 4.28 Å². The van der Waals surface area contributed by atoms with E-state index in [2.05, 4.69) is 170 Å². The molecule has 1 fully saturated rings. The number of benzene rings is 6. The van der Waals surface area contributed by atoms with Crippen LogP contribution in [-0.4, -0.2) is 28.0 Å². The van der Waals surface area contributed by atoms with E-state index in [9.17, 15) is 4.79 Å². The molecule has 0 aliphatic carbocycles. The molecule has 1 atom stereocenters. The van der Waals surface area contributed by atoms with Gasteiger partial charge in [0.1, 0.15) is 0 Å². The number of hydrogen-bond acceptors (Lipinski definition) is 5. The molecule has 50 heavy (non-hydrogen) atoms. The molecule has 246 valence electrons. The van der Waals surface area contributed by atoms with Crippen LogP contribution in [0.5, 0.6) is 0 Å². The molecular weight excluding hydrogens is 749 g/mol. The van der Waals surface area contributed by atoms with Gasteiger partial charge in [-0.2, -0.15) is 5.06 Å². The number of para-hydroxylation sites is 2. The minimum atomic E-state index is -0.285. The number of hydrogen-bond donors (Lipinski definition) is 0. The molecule has 5 nitrogen and oxygen atoms in total. The summed E-state index contributed by atoms with van der Waals surface area (Å²) in [6, 6.07) is 52.5. The standard InChI is InChI=1S/C43H34IN3O2S/c44-50-49-45-28-10-17-42(45)43(48)33-22-26-40-38(29-33)39-30-37(25-27-41(39)47(40)35-15-8-3-9-16-35)46(34-13-6-2-7-14-34)36-23-20-32(21-24-36)19-18-31-11-4-1-5-12-31/h1-9,11-16,18-27,29-30,42H,10,17,28H2/b19-18+/t42-/m0/s1. The predicted octanol–water partition coefficient (Wildman–Crippen LogP) is 12.0. The van der Waals surface area contributed by atoms with Crippen molar-refractivity contribution in [1.82, 2.24) is 9.63 Å². The molecule has 1 aromatic heterocycles. The van der Waals surface area contributed by atoms with Gasteiger partial charge in [0.2, 0.25) is 0 Å². The van der Waals surface area contributed by atoms with Gasteiger partial charge in [0.15, 0.2) is 5.78 Å². The number of carbonyl (C=O) groups excluding carboxylic acids is 1. The summed E-state index contributed by atoms with van der Waals surface area (Å²) < 4.78 is 8.04.